The fraction of sp³-hybridized carbons (Fsp3) is 0.600. The summed E-state index contributed by atoms with van der Waals surface area (Å²) in [6.07, 6.45) is 4.68. The first-order valence-corrected chi connectivity index (χ1v) is 11.7. The van der Waals surface area contributed by atoms with Gasteiger partial charge in [-0.05, 0) is 37.4 Å². The highest BCUT2D eigenvalue weighted by Gasteiger charge is 2.44. The highest BCUT2D eigenvalue weighted by molar-refractivity contribution is 7.99. The monoisotopic (exact) mass is 479 g/mol. The first-order valence-electron chi connectivity index (χ1n) is 10.6. The van der Waals surface area contributed by atoms with Crippen LogP contribution in [0.2, 0.25) is 0 Å². The Morgan fingerprint density at radius 1 is 1.30 bits per heavy atom. The second kappa shape index (κ2) is 12.1. The Balaban J connectivity index is 1.63. The van der Waals surface area contributed by atoms with Crippen LogP contribution >= 0.6 is 11.8 Å². The number of aliphatic imine (C=N–C) groups is 2. The number of imidazole rings is 1. The summed E-state index contributed by atoms with van der Waals surface area (Å²) in [6.45, 7) is 0.341. The zero-order chi connectivity index (χ0) is 23.8. The number of nitrogens with zero attached hydrogens (tertiary/aromatic N) is 6. The first-order chi connectivity index (χ1) is 15.9. The fourth-order valence-corrected chi connectivity index (χ4v) is 4.45. The summed E-state index contributed by atoms with van der Waals surface area (Å²) in [7, 11) is 1.73. The van der Waals surface area contributed by atoms with Crippen molar-refractivity contribution in [2.75, 3.05) is 18.6 Å². The van der Waals surface area contributed by atoms with Crippen molar-refractivity contribution in [3.63, 3.8) is 0 Å². The van der Waals surface area contributed by atoms with Crippen LogP contribution in [0.25, 0.3) is 11.2 Å². The SMILES string of the molecule is CN=CCC/C=N/Cc1ncnc2c1ncn2[C@@H]1O[C@H](CSCC[C@H](N)C(=O)O)[C@@H](O)[C@H]1O. The number of carboxylic acids is 1. The third-order valence-corrected chi connectivity index (χ3v) is 6.28. The molecule has 1 aliphatic heterocycles. The molecule has 0 aromatic carbocycles. The predicted octanol–water partition coefficient (Wildman–Crippen LogP) is 0.0323. The van der Waals surface area contributed by atoms with Gasteiger partial charge in [-0.2, -0.15) is 11.8 Å². The van der Waals surface area contributed by atoms with E-state index in [2.05, 4.69) is 24.9 Å². The molecule has 0 aliphatic carbocycles. The van der Waals surface area contributed by atoms with Crippen LogP contribution < -0.4 is 5.73 Å². The number of nitrogens with two attached hydrogens (primary N) is 1. The highest BCUT2D eigenvalue weighted by Crippen LogP contribution is 2.33. The van der Waals surface area contributed by atoms with Crippen LogP contribution in [0.3, 0.4) is 0 Å². The lowest BCUT2D eigenvalue weighted by Gasteiger charge is -2.16. The van der Waals surface area contributed by atoms with Gasteiger partial charge in [0.2, 0.25) is 0 Å². The largest absolute Gasteiger partial charge is 0.480 e. The standard InChI is InChI=1S/C20H29N7O5S/c1-22-5-2-3-6-23-8-13-15-18(25-10-24-13)27(11-26-15)19-17(29)16(28)14(32-19)9-33-7-4-12(21)20(30)31/h5-6,10-12,14,16-17,19,28-29H,2-4,7-9,21H2,1H3,(H,30,31)/b22-5?,23-6+/t12-,14+,16+,17+,19+/m0/s1. The van der Waals surface area contributed by atoms with E-state index in [1.807, 2.05) is 12.4 Å². The molecule has 1 fully saturated rings. The molecule has 0 unspecified atom stereocenters. The maximum atomic E-state index is 10.8. The number of hydrogen-bond acceptors (Lipinski definition) is 11. The van der Waals surface area contributed by atoms with E-state index in [-0.39, 0.29) is 0 Å². The molecule has 180 valence electrons. The van der Waals surface area contributed by atoms with E-state index in [9.17, 15) is 15.0 Å². The van der Waals surface area contributed by atoms with Gasteiger partial charge in [-0.15, -0.1) is 0 Å². The normalized spacial score (nSPS) is 24.4. The van der Waals surface area contributed by atoms with Crippen LogP contribution in [-0.2, 0) is 16.1 Å². The second-order valence-corrected chi connectivity index (χ2v) is 8.69. The van der Waals surface area contributed by atoms with Crippen molar-refractivity contribution in [3.8, 4) is 0 Å². The van der Waals surface area contributed by atoms with E-state index in [0.29, 0.717) is 41.3 Å². The van der Waals surface area contributed by atoms with E-state index in [1.54, 1.807) is 11.6 Å². The van der Waals surface area contributed by atoms with Crippen LogP contribution in [0.15, 0.2) is 22.6 Å². The summed E-state index contributed by atoms with van der Waals surface area (Å²) in [4.78, 5) is 32.0. The van der Waals surface area contributed by atoms with Crippen LogP contribution in [0.4, 0.5) is 0 Å². The number of thioether (sulfide) groups is 1. The zero-order valence-corrected chi connectivity index (χ0v) is 19.1. The minimum Gasteiger partial charge on any atom is -0.480 e. The van der Waals surface area contributed by atoms with Gasteiger partial charge < -0.3 is 30.8 Å². The van der Waals surface area contributed by atoms with E-state index in [4.69, 9.17) is 15.6 Å². The summed E-state index contributed by atoms with van der Waals surface area (Å²) in [6, 6.07) is -0.925. The minimum atomic E-state index is -1.18. The molecule has 3 heterocycles. The average molecular weight is 480 g/mol. The van der Waals surface area contributed by atoms with E-state index >= 15 is 0 Å². The number of unbranched alkanes of at least 4 members (excludes halogenated alkanes) is 1. The third kappa shape index (κ3) is 6.32. The van der Waals surface area contributed by atoms with Crippen molar-refractivity contribution < 1.29 is 24.9 Å². The molecule has 2 aromatic rings. The van der Waals surface area contributed by atoms with Gasteiger partial charge in [0, 0.05) is 12.8 Å². The van der Waals surface area contributed by atoms with Gasteiger partial charge >= 0.3 is 5.97 Å². The van der Waals surface area contributed by atoms with Crippen LogP contribution in [-0.4, -0.2) is 96.1 Å². The van der Waals surface area contributed by atoms with Gasteiger partial charge in [-0.25, -0.2) is 15.0 Å². The van der Waals surface area contributed by atoms with Gasteiger partial charge in [-0.1, -0.05) is 0 Å². The molecular weight excluding hydrogens is 450 g/mol. The lowest BCUT2D eigenvalue weighted by atomic mass is 10.1. The molecule has 1 aliphatic rings. The number of aromatic nitrogens is 4. The second-order valence-electron chi connectivity index (χ2n) is 7.54. The molecule has 5 atom stereocenters. The van der Waals surface area contributed by atoms with Crippen molar-refractivity contribution >= 4 is 41.3 Å². The van der Waals surface area contributed by atoms with Gasteiger partial charge in [0.05, 0.1) is 24.7 Å². The first kappa shape index (κ1) is 25.2. The molecule has 0 spiro atoms. The highest BCUT2D eigenvalue weighted by atomic mass is 32.2. The van der Waals surface area contributed by atoms with Crippen molar-refractivity contribution in [1.29, 1.82) is 0 Å². The molecule has 2 aromatic heterocycles. The number of aliphatic hydroxyl groups is 2. The number of aliphatic hydroxyl groups excluding tert-OH is 2. The summed E-state index contributed by atoms with van der Waals surface area (Å²) in [5.74, 6) is -0.170. The van der Waals surface area contributed by atoms with E-state index < -0.39 is 36.6 Å². The maximum absolute atomic E-state index is 10.8. The van der Waals surface area contributed by atoms with Gasteiger partial charge in [0.15, 0.2) is 11.9 Å². The van der Waals surface area contributed by atoms with Crippen LogP contribution in [0.5, 0.6) is 0 Å². The molecular formula is C20H29N7O5S. The smallest absolute Gasteiger partial charge is 0.320 e. The predicted molar refractivity (Wildman–Crippen MR) is 125 cm³/mol. The Kier molecular flexibility index (Phi) is 9.26. The summed E-state index contributed by atoms with van der Waals surface area (Å²) < 4.78 is 7.51. The molecule has 3 rings (SSSR count). The molecule has 1 saturated heterocycles. The van der Waals surface area contributed by atoms with Crippen molar-refractivity contribution in [2.45, 2.75) is 56.4 Å². The molecule has 0 saturated carbocycles. The molecule has 0 radical (unpaired) electrons. The molecule has 33 heavy (non-hydrogen) atoms. The quantitative estimate of drug-likeness (QED) is 0.239. The zero-order valence-electron chi connectivity index (χ0n) is 18.3. The lowest BCUT2D eigenvalue weighted by Crippen LogP contribution is -2.33. The molecule has 13 heteroatoms. The Bertz CT molecular complexity index is 985. The lowest BCUT2D eigenvalue weighted by molar-refractivity contribution is -0.138. The molecule has 5 N–H and O–H groups in total. The minimum absolute atomic E-state index is 0.301. The molecule has 0 bridgehead atoms. The van der Waals surface area contributed by atoms with Gasteiger partial charge in [0.1, 0.15) is 30.1 Å². The Labute approximate surface area is 195 Å². The summed E-state index contributed by atoms with van der Waals surface area (Å²) in [5, 5.41) is 29.9. The topological polar surface area (TPSA) is 181 Å². The van der Waals surface area contributed by atoms with Gasteiger partial charge in [0.25, 0.3) is 0 Å². The number of fused-ring (bicyclic) bond motifs is 1. The van der Waals surface area contributed by atoms with Crippen molar-refractivity contribution in [1.82, 2.24) is 19.5 Å². The summed E-state index contributed by atoms with van der Waals surface area (Å²) >= 11 is 1.41. The number of ether oxygens (including phenoxy) is 1. The van der Waals surface area contributed by atoms with Crippen LogP contribution in [0, 0.1) is 0 Å². The third-order valence-electron chi connectivity index (χ3n) is 5.20. The fourth-order valence-electron chi connectivity index (χ4n) is 3.35. The maximum Gasteiger partial charge on any atom is 0.320 e. The molecule has 12 nitrogen and oxygen atoms in total. The van der Waals surface area contributed by atoms with E-state index in [1.165, 1.54) is 24.4 Å². The Morgan fingerprint density at radius 3 is 2.85 bits per heavy atom. The summed E-state index contributed by atoms with van der Waals surface area (Å²) in [5.41, 5.74) is 7.18. The van der Waals surface area contributed by atoms with E-state index in [0.717, 1.165) is 12.8 Å². The van der Waals surface area contributed by atoms with Crippen molar-refractivity contribution in [2.24, 2.45) is 15.7 Å². The Morgan fingerprint density at radius 2 is 2.09 bits per heavy atom. The Hall–Kier alpha value is -2.45. The number of aliphatic carboxylic acids is 1. The number of carbonyl (C=O) groups is 1. The van der Waals surface area contributed by atoms with Crippen molar-refractivity contribution in [3.05, 3.63) is 18.3 Å². The van der Waals surface area contributed by atoms with Gasteiger partial charge in [-0.3, -0.25) is 14.4 Å². The van der Waals surface area contributed by atoms with Crippen LogP contribution in [0.1, 0.15) is 31.2 Å². The number of rotatable bonds is 12. The molecule has 0 amide bonds. The average Bonchev–Trinajstić information content (AvgIpc) is 3.35. The number of carboxylic acid groups (broad SMARTS) is 1. The number of hydrogen-bond donors (Lipinski definition) is 4.